The molecular weight excluding hydrogens is 150 g/mol. The van der Waals surface area contributed by atoms with E-state index in [9.17, 15) is 0 Å². The van der Waals surface area contributed by atoms with Crippen molar-refractivity contribution in [3.63, 3.8) is 0 Å². The summed E-state index contributed by atoms with van der Waals surface area (Å²) in [5.41, 5.74) is 0. The molecule has 0 aliphatic carbocycles. The van der Waals surface area contributed by atoms with Crippen molar-refractivity contribution in [1.29, 1.82) is 0 Å². The van der Waals surface area contributed by atoms with Gasteiger partial charge in [-0.25, -0.2) is 0 Å². The molecule has 0 unspecified atom stereocenters. The van der Waals surface area contributed by atoms with Crippen LogP contribution in [0.1, 0.15) is 0 Å². The van der Waals surface area contributed by atoms with Crippen LogP contribution in [0.15, 0.2) is 0 Å². The Kier molecular flexibility index (Phi) is 22.2. The van der Waals surface area contributed by atoms with E-state index in [0.29, 0.717) is 0 Å². The highest BCUT2D eigenvalue weighted by molar-refractivity contribution is 7.79. The summed E-state index contributed by atoms with van der Waals surface area (Å²) in [7, 11) is -4.67. The van der Waals surface area contributed by atoms with Crippen LogP contribution in [0.25, 0.3) is 0 Å². The SMILES string of the molecule is N.O.O=S(=O)(O)O.[MgH2]. The molecule has 0 fully saturated rings. The van der Waals surface area contributed by atoms with Gasteiger partial charge in [-0.3, -0.25) is 9.11 Å². The van der Waals surface area contributed by atoms with Crippen molar-refractivity contribution in [3.8, 4) is 0 Å². The molecule has 8 heavy (non-hydrogen) atoms. The fourth-order valence-electron chi connectivity index (χ4n) is 0. The van der Waals surface area contributed by atoms with Gasteiger partial charge in [-0.05, 0) is 0 Å². The Morgan fingerprint density at radius 1 is 1.12 bits per heavy atom. The van der Waals surface area contributed by atoms with Gasteiger partial charge in [0, 0.05) is 0 Å². The van der Waals surface area contributed by atoms with E-state index in [2.05, 4.69) is 0 Å². The van der Waals surface area contributed by atoms with Gasteiger partial charge in [-0.1, -0.05) is 0 Å². The van der Waals surface area contributed by atoms with Crippen molar-refractivity contribution in [2.24, 2.45) is 0 Å². The maximum Gasteiger partial charge on any atom is 0.394 e. The lowest BCUT2D eigenvalue weighted by molar-refractivity contribution is 0.381. The summed E-state index contributed by atoms with van der Waals surface area (Å²) in [6.07, 6.45) is 0. The predicted octanol–water partition coefficient (Wildman–Crippen LogP) is -2.23. The van der Waals surface area contributed by atoms with Crippen LogP contribution in [-0.2, 0) is 10.4 Å². The molecule has 0 bridgehead atoms. The highest BCUT2D eigenvalue weighted by atomic mass is 32.3. The average molecular weight is 159 g/mol. The summed E-state index contributed by atoms with van der Waals surface area (Å²) in [5.74, 6) is 0. The third kappa shape index (κ3) is 654. The van der Waals surface area contributed by atoms with Gasteiger partial charge in [0.15, 0.2) is 0 Å². The van der Waals surface area contributed by atoms with E-state index in [0.717, 1.165) is 0 Å². The first kappa shape index (κ1) is 23.5. The lowest BCUT2D eigenvalue weighted by atomic mass is 14.0. The molecule has 0 radical (unpaired) electrons. The minimum atomic E-state index is -4.67. The molecule has 0 rings (SSSR count). The van der Waals surface area contributed by atoms with Gasteiger partial charge in [0.25, 0.3) is 0 Å². The lowest BCUT2D eigenvalue weighted by Gasteiger charge is -1.68. The fraction of sp³-hybridized carbons (Fsp3) is 0. The Hall–Kier alpha value is 0.556. The summed E-state index contributed by atoms with van der Waals surface area (Å²) in [4.78, 5) is 0. The Bertz CT molecular complexity index is 95.6. The molecule has 7 N–H and O–H groups in total. The molecule has 0 aliphatic heterocycles. The number of hydrogen-bond acceptors (Lipinski definition) is 3. The molecule has 0 aliphatic rings. The predicted molar refractivity (Wildman–Crippen MR) is 31.4 cm³/mol. The topological polar surface area (TPSA) is 141 Å². The minimum absolute atomic E-state index is 0. The summed E-state index contributed by atoms with van der Waals surface area (Å²) in [6, 6.07) is 0. The molecule has 0 heterocycles. The maximum atomic E-state index is 8.74. The van der Waals surface area contributed by atoms with E-state index in [1.54, 1.807) is 0 Å². The Morgan fingerprint density at radius 3 is 1.12 bits per heavy atom. The number of hydrogen-bond donors (Lipinski definition) is 3. The van der Waals surface area contributed by atoms with Gasteiger partial charge in [0.05, 0.1) is 0 Å². The van der Waals surface area contributed by atoms with Crippen LogP contribution >= 0.6 is 0 Å². The molecular formula is H9MgNO5S. The second-order valence-electron chi connectivity index (χ2n) is 0.448. The van der Waals surface area contributed by atoms with Gasteiger partial charge in [0.1, 0.15) is 0 Å². The lowest BCUT2D eigenvalue weighted by Crippen LogP contribution is -1.89. The van der Waals surface area contributed by atoms with E-state index in [-0.39, 0.29) is 34.7 Å². The zero-order chi connectivity index (χ0) is 4.50. The van der Waals surface area contributed by atoms with Crippen molar-refractivity contribution in [2.75, 3.05) is 0 Å². The fourth-order valence-corrected chi connectivity index (χ4v) is 0. The Morgan fingerprint density at radius 2 is 1.12 bits per heavy atom. The maximum absolute atomic E-state index is 8.74. The van der Waals surface area contributed by atoms with Crippen LogP contribution < -0.4 is 6.15 Å². The summed E-state index contributed by atoms with van der Waals surface area (Å²) in [6.45, 7) is 0. The molecule has 8 heteroatoms. The third-order valence-electron chi connectivity index (χ3n) is 0. The monoisotopic (exact) mass is 159 g/mol. The van der Waals surface area contributed by atoms with Crippen molar-refractivity contribution in [1.82, 2.24) is 6.15 Å². The number of rotatable bonds is 0. The van der Waals surface area contributed by atoms with E-state index < -0.39 is 10.4 Å². The molecule has 52 valence electrons. The van der Waals surface area contributed by atoms with Crippen molar-refractivity contribution in [3.05, 3.63) is 0 Å². The molecule has 0 aromatic rings. The Balaban J connectivity index is -0.0000000267. The van der Waals surface area contributed by atoms with Crippen LogP contribution in [0.5, 0.6) is 0 Å². The van der Waals surface area contributed by atoms with Crippen LogP contribution in [0.4, 0.5) is 0 Å². The van der Waals surface area contributed by atoms with Crippen LogP contribution in [0.2, 0.25) is 0 Å². The third-order valence-corrected chi connectivity index (χ3v) is 0. The van der Waals surface area contributed by atoms with Gasteiger partial charge >= 0.3 is 33.5 Å². The first-order chi connectivity index (χ1) is 2.00. The van der Waals surface area contributed by atoms with Crippen molar-refractivity contribution >= 4 is 33.5 Å². The molecule has 0 saturated carbocycles. The van der Waals surface area contributed by atoms with Gasteiger partial charge in [0.2, 0.25) is 0 Å². The summed E-state index contributed by atoms with van der Waals surface area (Å²) >= 11 is 0. The Labute approximate surface area is 62.9 Å². The second-order valence-corrected chi connectivity index (χ2v) is 1.34. The van der Waals surface area contributed by atoms with Crippen LogP contribution in [-0.4, -0.2) is 46.1 Å². The van der Waals surface area contributed by atoms with E-state index in [4.69, 9.17) is 17.5 Å². The van der Waals surface area contributed by atoms with E-state index >= 15 is 0 Å². The smallest absolute Gasteiger partial charge is 0.394 e. The zero-order valence-electron chi connectivity index (χ0n) is 3.33. The van der Waals surface area contributed by atoms with Crippen molar-refractivity contribution in [2.45, 2.75) is 0 Å². The van der Waals surface area contributed by atoms with Gasteiger partial charge < -0.3 is 11.6 Å². The molecule has 0 spiro atoms. The van der Waals surface area contributed by atoms with E-state index in [1.165, 1.54) is 0 Å². The molecule has 0 saturated heterocycles. The standard InChI is InChI=1S/Mg.H3N.H2O4S.H2O.2H/c;;1-5(2,3)4;;;/h;1H3;(H2,1,2,3,4);1H2;;. The minimum Gasteiger partial charge on any atom is -0.412 e. The molecule has 0 aromatic carbocycles. The highest BCUT2D eigenvalue weighted by Gasteiger charge is 1.84. The normalized spacial score (nSPS) is 7.25. The molecule has 6 nitrogen and oxygen atoms in total. The quantitative estimate of drug-likeness (QED) is 0.271. The van der Waals surface area contributed by atoms with Gasteiger partial charge in [-0.2, -0.15) is 8.42 Å². The largest absolute Gasteiger partial charge is 0.412 e. The summed E-state index contributed by atoms with van der Waals surface area (Å²) in [5, 5.41) is 0. The van der Waals surface area contributed by atoms with Crippen molar-refractivity contribution < 1.29 is 23.0 Å². The highest BCUT2D eigenvalue weighted by Crippen LogP contribution is 1.59. The molecule has 0 atom stereocenters. The van der Waals surface area contributed by atoms with Crippen LogP contribution in [0, 0.1) is 0 Å². The van der Waals surface area contributed by atoms with Gasteiger partial charge in [-0.15, -0.1) is 0 Å². The molecule has 0 aromatic heterocycles. The van der Waals surface area contributed by atoms with Crippen LogP contribution in [0.3, 0.4) is 0 Å². The first-order valence-electron chi connectivity index (χ1n) is 0.698. The van der Waals surface area contributed by atoms with E-state index in [1.807, 2.05) is 0 Å². The second kappa shape index (κ2) is 7.56. The average Bonchev–Trinajstić information content (AvgIpc) is 0.722. The molecule has 0 amide bonds. The first-order valence-corrected chi connectivity index (χ1v) is 2.10. The zero-order valence-corrected chi connectivity index (χ0v) is 4.14. The summed E-state index contributed by atoms with van der Waals surface area (Å²) < 4.78 is 31.6.